The SMILES string of the molecule is Cc1ccc(C2c3cc(I)ccc3C[C@H](CO)C2COC2OC[C@@H](O)CC2O)cc1C. The Morgan fingerprint density at radius 2 is 1.90 bits per heavy atom. The van der Waals surface area contributed by atoms with Crippen LogP contribution in [0.1, 0.15) is 40.2 Å². The minimum Gasteiger partial charge on any atom is -0.396 e. The average Bonchev–Trinajstić information content (AvgIpc) is 2.74. The summed E-state index contributed by atoms with van der Waals surface area (Å²) in [6.07, 6.45) is -1.22. The van der Waals surface area contributed by atoms with Crippen LogP contribution in [-0.2, 0) is 15.9 Å². The molecular weight excluding hydrogens is 507 g/mol. The van der Waals surface area contributed by atoms with E-state index in [1.807, 2.05) is 0 Å². The summed E-state index contributed by atoms with van der Waals surface area (Å²) >= 11 is 2.35. The first-order chi connectivity index (χ1) is 14.9. The van der Waals surface area contributed by atoms with Crippen LogP contribution in [0.4, 0.5) is 0 Å². The summed E-state index contributed by atoms with van der Waals surface area (Å²) in [6.45, 7) is 4.85. The molecule has 0 radical (unpaired) electrons. The largest absolute Gasteiger partial charge is 0.396 e. The number of aryl methyl sites for hydroxylation is 2. The van der Waals surface area contributed by atoms with E-state index in [-0.39, 0.29) is 37.4 Å². The van der Waals surface area contributed by atoms with Crippen molar-refractivity contribution in [1.29, 1.82) is 0 Å². The highest BCUT2D eigenvalue weighted by molar-refractivity contribution is 14.1. The Bertz CT molecular complexity index is 917. The molecule has 4 unspecified atom stereocenters. The second-order valence-corrected chi connectivity index (χ2v) is 10.2. The van der Waals surface area contributed by atoms with E-state index in [4.69, 9.17) is 9.47 Å². The van der Waals surface area contributed by atoms with Crippen LogP contribution in [0.5, 0.6) is 0 Å². The molecule has 0 aromatic heterocycles. The fourth-order valence-electron chi connectivity index (χ4n) is 4.93. The van der Waals surface area contributed by atoms with Gasteiger partial charge in [0.15, 0.2) is 6.29 Å². The van der Waals surface area contributed by atoms with Gasteiger partial charge in [-0.1, -0.05) is 24.3 Å². The molecule has 2 aromatic carbocycles. The number of hydrogen-bond acceptors (Lipinski definition) is 5. The maximum atomic E-state index is 10.3. The zero-order valence-electron chi connectivity index (χ0n) is 18.0. The number of fused-ring (bicyclic) bond motifs is 1. The minimum absolute atomic E-state index is 0.0421. The normalized spacial score (nSPS) is 30.8. The quantitative estimate of drug-likeness (QED) is 0.510. The first-order valence-electron chi connectivity index (χ1n) is 10.9. The first kappa shape index (κ1) is 23.1. The van der Waals surface area contributed by atoms with Crippen molar-refractivity contribution in [2.75, 3.05) is 19.8 Å². The third-order valence-electron chi connectivity index (χ3n) is 6.82. The molecule has 168 valence electrons. The average molecular weight is 538 g/mol. The van der Waals surface area contributed by atoms with Crippen LogP contribution in [0.25, 0.3) is 0 Å². The highest BCUT2D eigenvalue weighted by atomic mass is 127. The van der Waals surface area contributed by atoms with Crippen LogP contribution in [-0.4, -0.2) is 53.6 Å². The van der Waals surface area contributed by atoms with E-state index in [9.17, 15) is 15.3 Å². The Hall–Kier alpha value is -1.03. The minimum atomic E-state index is -0.853. The van der Waals surface area contributed by atoms with Crippen molar-refractivity contribution in [3.05, 3.63) is 67.8 Å². The lowest BCUT2D eigenvalue weighted by Gasteiger charge is -2.41. The van der Waals surface area contributed by atoms with Crippen LogP contribution >= 0.6 is 22.6 Å². The molecule has 2 aromatic rings. The van der Waals surface area contributed by atoms with E-state index in [0.717, 1.165) is 6.42 Å². The summed E-state index contributed by atoms with van der Waals surface area (Å²) in [5, 5.41) is 30.2. The molecular formula is C25H31IO5. The van der Waals surface area contributed by atoms with E-state index in [2.05, 4.69) is 72.8 Å². The number of hydrogen-bond donors (Lipinski definition) is 3. The number of benzene rings is 2. The van der Waals surface area contributed by atoms with E-state index in [1.54, 1.807) is 0 Å². The van der Waals surface area contributed by atoms with E-state index < -0.39 is 18.5 Å². The zero-order valence-corrected chi connectivity index (χ0v) is 20.2. The highest BCUT2D eigenvalue weighted by Gasteiger charge is 2.39. The fourth-order valence-corrected chi connectivity index (χ4v) is 5.45. The van der Waals surface area contributed by atoms with Crippen molar-refractivity contribution in [2.24, 2.45) is 11.8 Å². The Balaban J connectivity index is 1.68. The molecule has 1 saturated heterocycles. The molecule has 0 amide bonds. The molecule has 31 heavy (non-hydrogen) atoms. The van der Waals surface area contributed by atoms with Gasteiger partial charge >= 0.3 is 0 Å². The summed E-state index contributed by atoms with van der Waals surface area (Å²) in [7, 11) is 0. The Morgan fingerprint density at radius 3 is 2.61 bits per heavy atom. The van der Waals surface area contributed by atoms with Gasteiger partial charge in [-0.25, -0.2) is 0 Å². The van der Waals surface area contributed by atoms with Gasteiger partial charge in [0.25, 0.3) is 0 Å². The van der Waals surface area contributed by atoms with Gasteiger partial charge in [-0.15, -0.1) is 0 Å². The van der Waals surface area contributed by atoms with Gasteiger partial charge in [0.2, 0.25) is 0 Å². The van der Waals surface area contributed by atoms with E-state index in [0.29, 0.717) is 6.61 Å². The van der Waals surface area contributed by atoms with Crippen molar-refractivity contribution in [1.82, 2.24) is 0 Å². The number of rotatable bonds is 5. The van der Waals surface area contributed by atoms with Gasteiger partial charge < -0.3 is 24.8 Å². The summed E-state index contributed by atoms with van der Waals surface area (Å²) < 4.78 is 12.8. The Kier molecular flexibility index (Phi) is 7.35. The van der Waals surface area contributed by atoms with Gasteiger partial charge in [0.1, 0.15) is 6.10 Å². The molecule has 2 aliphatic rings. The van der Waals surface area contributed by atoms with Crippen molar-refractivity contribution < 1.29 is 24.8 Å². The van der Waals surface area contributed by atoms with E-state index in [1.165, 1.54) is 31.4 Å². The molecule has 6 heteroatoms. The first-order valence-corrected chi connectivity index (χ1v) is 12.0. The zero-order chi connectivity index (χ0) is 22.1. The maximum absolute atomic E-state index is 10.3. The number of aliphatic hydroxyl groups excluding tert-OH is 3. The number of ether oxygens (including phenoxy) is 2. The van der Waals surface area contributed by atoms with Gasteiger partial charge in [-0.2, -0.15) is 0 Å². The predicted molar refractivity (Wildman–Crippen MR) is 127 cm³/mol. The molecule has 1 aliphatic carbocycles. The van der Waals surface area contributed by atoms with Crippen LogP contribution in [0.3, 0.4) is 0 Å². The topological polar surface area (TPSA) is 79.2 Å². The Morgan fingerprint density at radius 1 is 1.10 bits per heavy atom. The molecule has 1 aliphatic heterocycles. The summed E-state index contributed by atoms with van der Waals surface area (Å²) in [4.78, 5) is 0. The molecule has 0 spiro atoms. The monoisotopic (exact) mass is 538 g/mol. The molecule has 6 atom stereocenters. The molecule has 5 nitrogen and oxygen atoms in total. The smallest absolute Gasteiger partial charge is 0.183 e. The van der Waals surface area contributed by atoms with Gasteiger partial charge in [0.05, 0.1) is 19.3 Å². The van der Waals surface area contributed by atoms with Crippen LogP contribution in [0.15, 0.2) is 36.4 Å². The lowest BCUT2D eigenvalue weighted by molar-refractivity contribution is -0.241. The predicted octanol–water partition coefficient (Wildman–Crippen LogP) is 3.31. The molecule has 1 heterocycles. The number of aliphatic hydroxyl groups is 3. The highest BCUT2D eigenvalue weighted by Crippen LogP contribution is 2.45. The van der Waals surface area contributed by atoms with Crippen LogP contribution in [0.2, 0.25) is 0 Å². The third kappa shape index (κ3) is 4.99. The summed E-state index contributed by atoms with van der Waals surface area (Å²) in [6, 6.07) is 13.1. The molecule has 3 N–H and O–H groups in total. The van der Waals surface area contributed by atoms with Crippen LogP contribution in [0, 0.1) is 29.3 Å². The van der Waals surface area contributed by atoms with Gasteiger partial charge in [0, 0.05) is 22.5 Å². The fraction of sp³-hybridized carbons (Fsp3) is 0.520. The standard InChI is InChI=1S/C25H31IO5/c1-14-3-4-17(7-15(14)2)24-21-9-19(26)6-5-16(21)8-18(11-27)22(24)13-31-25-23(29)10-20(28)12-30-25/h3-7,9,18,20,22-25,27-29H,8,10-13H2,1-2H3/t18-,20+,22?,23?,24?,25?/m1/s1. The lowest BCUT2D eigenvalue weighted by atomic mass is 9.67. The van der Waals surface area contributed by atoms with E-state index >= 15 is 0 Å². The van der Waals surface area contributed by atoms with Gasteiger partial charge in [-0.3, -0.25) is 0 Å². The maximum Gasteiger partial charge on any atom is 0.183 e. The number of halogens is 1. The lowest BCUT2D eigenvalue weighted by Crippen LogP contribution is -2.44. The summed E-state index contributed by atoms with van der Waals surface area (Å²) in [5.41, 5.74) is 6.28. The Labute approximate surface area is 197 Å². The van der Waals surface area contributed by atoms with Gasteiger partial charge in [-0.05, 0) is 94.6 Å². The van der Waals surface area contributed by atoms with Crippen molar-refractivity contribution in [3.8, 4) is 0 Å². The van der Waals surface area contributed by atoms with Crippen molar-refractivity contribution in [2.45, 2.75) is 51.1 Å². The second kappa shape index (κ2) is 9.85. The van der Waals surface area contributed by atoms with Crippen molar-refractivity contribution >= 4 is 22.6 Å². The molecule has 4 rings (SSSR count). The third-order valence-corrected chi connectivity index (χ3v) is 7.49. The van der Waals surface area contributed by atoms with Crippen LogP contribution < -0.4 is 0 Å². The molecule has 0 bridgehead atoms. The molecule has 0 saturated carbocycles. The van der Waals surface area contributed by atoms with Crippen molar-refractivity contribution in [3.63, 3.8) is 0 Å². The second-order valence-electron chi connectivity index (χ2n) is 8.97. The summed E-state index contributed by atoms with van der Waals surface area (Å²) in [5.74, 6) is 0.173. The molecule has 1 fully saturated rings.